The quantitative estimate of drug-likeness (QED) is 0.294. The summed E-state index contributed by atoms with van der Waals surface area (Å²) in [6.45, 7) is 19.3. The van der Waals surface area contributed by atoms with Crippen molar-refractivity contribution < 1.29 is 29.2 Å². The minimum atomic E-state index is -0.458. The molecule has 0 spiro atoms. The molecule has 6 heteroatoms. The van der Waals surface area contributed by atoms with Crippen molar-refractivity contribution in [1.82, 2.24) is 0 Å². The van der Waals surface area contributed by atoms with E-state index in [0.717, 1.165) is 60.8 Å². The van der Waals surface area contributed by atoms with E-state index in [9.17, 15) is 10.2 Å². The first-order valence-corrected chi connectivity index (χ1v) is 19.0. The number of benzene rings is 2. The lowest BCUT2D eigenvalue weighted by atomic mass is 9.43. The molecule has 6 nitrogen and oxygen atoms in total. The molecule has 0 amide bonds. The van der Waals surface area contributed by atoms with Gasteiger partial charge in [0.25, 0.3) is 0 Å². The van der Waals surface area contributed by atoms with Crippen LogP contribution in [0.3, 0.4) is 0 Å². The molecular formula is C42H54O6. The Morgan fingerprint density at radius 3 is 1.35 bits per heavy atom. The molecule has 8 aliphatic rings. The Balaban J connectivity index is 1.20. The number of hydrogen-bond acceptors (Lipinski definition) is 6. The first-order chi connectivity index (χ1) is 22.5. The second-order valence-electron chi connectivity index (χ2n) is 19.8. The van der Waals surface area contributed by atoms with E-state index in [-0.39, 0.29) is 57.2 Å². The van der Waals surface area contributed by atoms with Crippen LogP contribution in [0.2, 0.25) is 0 Å². The Bertz CT molecular complexity index is 1660. The molecule has 2 N–H and O–H groups in total. The molecule has 0 aromatic heterocycles. The standard InChI is InChI=1S/C42H54O6/c1-37(2)13-9-15-39(5)25(37)11-17-41(7)35(39)33-27-23(47-41)19-22(44)32-29(27)30-28-24(20-21(43)31(30)45-33)48-42(8)18-12-26-38(3,4)14-10-16-40(26,6)36(42)34(28)46-32/h19-20,25-26,33-36,43-44H,9-18H2,1-8H3. The van der Waals surface area contributed by atoms with Crippen molar-refractivity contribution in [2.45, 2.75) is 143 Å². The fraction of sp³-hybridized carbons (Fsp3) is 0.714. The van der Waals surface area contributed by atoms with Crippen LogP contribution < -0.4 is 18.9 Å². The number of ether oxygens (including phenoxy) is 4. The average molecular weight is 655 g/mol. The maximum atomic E-state index is 11.9. The van der Waals surface area contributed by atoms with Gasteiger partial charge in [-0.1, -0.05) is 54.4 Å². The Hall–Kier alpha value is -2.76. The maximum absolute atomic E-state index is 11.9. The van der Waals surface area contributed by atoms with Crippen molar-refractivity contribution in [3.05, 3.63) is 23.3 Å². The second-order valence-corrected chi connectivity index (χ2v) is 19.8. The van der Waals surface area contributed by atoms with Crippen molar-refractivity contribution in [3.63, 3.8) is 0 Å². The van der Waals surface area contributed by atoms with Crippen molar-refractivity contribution in [3.8, 4) is 45.6 Å². The van der Waals surface area contributed by atoms with Gasteiger partial charge in [-0.15, -0.1) is 0 Å². The predicted molar refractivity (Wildman–Crippen MR) is 184 cm³/mol. The minimum absolute atomic E-state index is 0.00826. The molecule has 2 aromatic carbocycles. The summed E-state index contributed by atoms with van der Waals surface area (Å²) in [6.07, 6.45) is 10.6. The third-order valence-electron chi connectivity index (χ3n) is 16.3. The van der Waals surface area contributed by atoms with E-state index in [4.69, 9.17) is 18.9 Å². The zero-order valence-electron chi connectivity index (χ0n) is 30.2. The lowest BCUT2D eigenvalue weighted by molar-refractivity contribution is -0.201. The third kappa shape index (κ3) is 3.37. The van der Waals surface area contributed by atoms with Crippen LogP contribution in [0.1, 0.15) is 143 Å². The fourth-order valence-corrected chi connectivity index (χ4v) is 14.7. The molecule has 4 aliphatic carbocycles. The predicted octanol–water partition coefficient (Wildman–Crippen LogP) is 10.4. The summed E-state index contributed by atoms with van der Waals surface area (Å²) >= 11 is 0. The average Bonchev–Trinajstić information content (AvgIpc) is 2.97. The zero-order valence-corrected chi connectivity index (χ0v) is 30.2. The van der Waals surface area contributed by atoms with Gasteiger partial charge in [-0.2, -0.15) is 0 Å². The van der Waals surface area contributed by atoms with Gasteiger partial charge in [0.15, 0.2) is 23.0 Å². The lowest BCUT2D eigenvalue weighted by Gasteiger charge is -2.66. The fourth-order valence-electron chi connectivity index (χ4n) is 14.7. The highest BCUT2D eigenvalue weighted by Gasteiger charge is 2.68. The molecule has 0 saturated heterocycles. The SMILES string of the molecule is CC1(C)CCCC2(C)C1CCC1(C)Oc3cc(O)c4c5c3C(Oc3c(O)cc6c(c3-5)C(O4)C3C(C)(CCC4C(C)(C)CCCC43C)O6)C12. The number of rotatable bonds is 0. The molecule has 10 atom stereocenters. The first-order valence-electron chi connectivity index (χ1n) is 19.0. The number of aromatic hydroxyl groups is 2. The van der Waals surface area contributed by atoms with Crippen molar-refractivity contribution in [2.75, 3.05) is 0 Å². The van der Waals surface area contributed by atoms with Crippen LogP contribution >= 0.6 is 0 Å². The van der Waals surface area contributed by atoms with Crippen LogP contribution in [-0.4, -0.2) is 21.4 Å². The molecule has 10 unspecified atom stereocenters. The zero-order chi connectivity index (χ0) is 33.6. The van der Waals surface area contributed by atoms with Crippen LogP contribution in [0.4, 0.5) is 0 Å². The molecule has 0 radical (unpaired) electrons. The van der Waals surface area contributed by atoms with E-state index in [1.807, 2.05) is 0 Å². The smallest absolute Gasteiger partial charge is 0.170 e. The van der Waals surface area contributed by atoms with Gasteiger partial charge in [0, 0.05) is 46.2 Å². The van der Waals surface area contributed by atoms with Gasteiger partial charge >= 0.3 is 0 Å². The van der Waals surface area contributed by atoms with Crippen LogP contribution in [-0.2, 0) is 0 Å². The van der Waals surface area contributed by atoms with Gasteiger partial charge in [-0.3, -0.25) is 0 Å². The number of hydrogen-bond donors (Lipinski definition) is 2. The highest BCUT2D eigenvalue weighted by atomic mass is 16.5. The third-order valence-corrected chi connectivity index (χ3v) is 16.3. The van der Waals surface area contributed by atoms with Crippen LogP contribution in [0, 0.1) is 45.3 Å². The molecule has 4 heterocycles. The summed E-state index contributed by atoms with van der Waals surface area (Å²) < 4.78 is 28.8. The normalized spacial score (nSPS) is 44.5. The number of fused-ring (bicyclic) bond motifs is 8. The van der Waals surface area contributed by atoms with E-state index in [2.05, 4.69) is 55.4 Å². The van der Waals surface area contributed by atoms with Crippen molar-refractivity contribution in [1.29, 1.82) is 0 Å². The van der Waals surface area contributed by atoms with Gasteiger partial charge in [0.1, 0.15) is 34.9 Å². The van der Waals surface area contributed by atoms with Gasteiger partial charge in [-0.25, -0.2) is 0 Å². The highest BCUT2D eigenvalue weighted by molar-refractivity contribution is 5.92. The summed E-state index contributed by atoms with van der Waals surface area (Å²) in [5.74, 6) is 3.90. The lowest BCUT2D eigenvalue weighted by Crippen LogP contribution is -2.64. The van der Waals surface area contributed by atoms with Crippen LogP contribution in [0.15, 0.2) is 12.1 Å². The minimum Gasteiger partial charge on any atom is -0.504 e. The van der Waals surface area contributed by atoms with Gasteiger partial charge in [-0.05, 0) is 98.7 Å². The van der Waals surface area contributed by atoms with Gasteiger partial charge in [0.05, 0.1) is 0 Å². The summed E-state index contributed by atoms with van der Waals surface area (Å²) in [5.41, 5.74) is 3.19. The Morgan fingerprint density at radius 1 is 0.562 bits per heavy atom. The molecule has 4 fully saturated rings. The Morgan fingerprint density at radius 2 is 0.958 bits per heavy atom. The number of phenols is 2. The first kappa shape index (κ1) is 30.1. The summed E-state index contributed by atoms with van der Waals surface area (Å²) in [7, 11) is 0. The largest absolute Gasteiger partial charge is 0.504 e. The monoisotopic (exact) mass is 654 g/mol. The van der Waals surface area contributed by atoms with E-state index in [1.54, 1.807) is 12.1 Å². The molecule has 10 rings (SSSR count). The van der Waals surface area contributed by atoms with Crippen molar-refractivity contribution in [2.24, 2.45) is 45.3 Å². The van der Waals surface area contributed by atoms with Gasteiger partial charge in [0.2, 0.25) is 0 Å². The van der Waals surface area contributed by atoms with Crippen LogP contribution in [0.25, 0.3) is 11.1 Å². The Kier molecular flexibility index (Phi) is 5.48. The van der Waals surface area contributed by atoms with Crippen molar-refractivity contribution >= 4 is 0 Å². The number of phenolic OH excluding ortho intramolecular Hbond substituents is 2. The molecule has 2 aromatic rings. The summed E-state index contributed by atoms with van der Waals surface area (Å²) in [4.78, 5) is 0. The topological polar surface area (TPSA) is 77.4 Å². The van der Waals surface area contributed by atoms with Gasteiger partial charge < -0.3 is 29.2 Å². The maximum Gasteiger partial charge on any atom is 0.170 e. The van der Waals surface area contributed by atoms with E-state index >= 15 is 0 Å². The Labute approximate surface area is 285 Å². The molecule has 258 valence electrons. The summed E-state index contributed by atoms with van der Waals surface area (Å²) in [5, 5.41) is 23.8. The van der Waals surface area contributed by atoms with Crippen LogP contribution in [0.5, 0.6) is 34.5 Å². The molecule has 4 aliphatic heterocycles. The van der Waals surface area contributed by atoms with E-state index in [0.29, 0.717) is 34.8 Å². The molecule has 0 bridgehead atoms. The summed E-state index contributed by atoms with van der Waals surface area (Å²) in [6, 6.07) is 3.61. The second kappa shape index (κ2) is 8.75. The van der Waals surface area contributed by atoms with E-state index in [1.165, 1.54) is 25.7 Å². The van der Waals surface area contributed by atoms with E-state index < -0.39 is 11.2 Å². The highest BCUT2D eigenvalue weighted by Crippen LogP contribution is 2.75. The molecule has 4 saturated carbocycles. The molecule has 48 heavy (non-hydrogen) atoms. The molecular weight excluding hydrogens is 600 g/mol.